The standard InChI is InChI=1S/C14H20N2/c1-11-12(7-5-6-10-15)13-8-3-4-9-14(13)16(11)2/h3-4,8-9H,5-7,10,15H2,1-2H3. The molecule has 0 fully saturated rings. The van der Waals surface area contributed by atoms with Crippen LogP contribution < -0.4 is 5.73 Å². The maximum atomic E-state index is 5.54. The van der Waals surface area contributed by atoms with Gasteiger partial charge in [-0.25, -0.2) is 0 Å². The zero-order valence-corrected chi connectivity index (χ0v) is 10.2. The van der Waals surface area contributed by atoms with E-state index in [0.29, 0.717) is 0 Å². The van der Waals surface area contributed by atoms with Crippen molar-refractivity contribution in [2.75, 3.05) is 6.54 Å². The largest absolute Gasteiger partial charge is 0.348 e. The molecule has 0 amide bonds. The first-order chi connectivity index (χ1) is 7.75. The van der Waals surface area contributed by atoms with E-state index in [-0.39, 0.29) is 0 Å². The molecular formula is C14H20N2. The van der Waals surface area contributed by atoms with Gasteiger partial charge in [-0.05, 0) is 44.4 Å². The third-order valence-corrected chi connectivity index (χ3v) is 3.41. The smallest absolute Gasteiger partial charge is 0.0482 e. The normalized spacial score (nSPS) is 11.2. The molecule has 0 spiro atoms. The highest BCUT2D eigenvalue weighted by Crippen LogP contribution is 2.25. The molecule has 1 heterocycles. The van der Waals surface area contributed by atoms with Crippen LogP contribution in [0.25, 0.3) is 10.9 Å². The predicted molar refractivity (Wildman–Crippen MR) is 69.6 cm³/mol. The molecule has 0 bridgehead atoms. The van der Waals surface area contributed by atoms with Crippen molar-refractivity contribution in [1.82, 2.24) is 4.57 Å². The molecule has 1 aromatic carbocycles. The third-order valence-electron chi connectivity index (χ3n) is 3.41. The summed E-state index contributed by atoms with van der Waals surface area (Å²) in [5, 5.41) is 1.40. The van der Waals surface area contributed by atoms with Crippen LogP contribution in [-0.2, 0) is 13.5 Å². The second-order valence-electron chi connectivity index (χ2n) is 4.39. The Bertz CT molecular complexity index is 483. The summed E-state index contributed by atoms with van der Waals surface area (Å²) in [5.41, 5.74) is 9.76. The molecule has 0 saturated heterocycles. The van der Waals surface area contributed by atoms with Gasteiger partial charge in [-0.3, -0.25) is 0 Å². The third kappa shape index (κ3) is 1.85. The van der Waals surface area contributed by atoms with Gasteiger partial charge in [0.1, 0.15) is 0 Å². The number of rotatable bonds is 4. The summed E-state index contributed by atoms with van der Waals surface area (Å²) in [4.78, 5) is 0. The van der Waals surface area contributed by atoms with E-state index >= 15 is 0 Å². The Kier molecular flexibility index (Phi) is 3.30. The number of aromatic nitrogens is 1. The quantitative estimate of drug-likeness (QED) is 0.783. The number of benzene rings is 1. The number of hydrogen-bond acceptors (Lipinski definition) is 1. The zero-order chi connectivity index (χ0) is 11.5. The first-order valence-electron chi connectivity index (χ1n) is 5.98. The number of para-hydroxylation sites is 1. The number of unbranched alkanes of at least 4 members (excludes halogenated alkanes) is 1. The molecule has 16 heavy (non-hydrogen) atoms. The Morgan fingerprint density at radius 3 is 2.69 bits per heavy atom. The molecule has 2 heteroatoms. The molecule has 0 aliphatic heterocycles. The Morgan fingerprint density at radius 2 is 1.94 bits per heavy atom. The van der Waals surface area contributed by atoms with Gasteiger partial charge in [0.05, 0.1) is 0 Å². The SMILES string of the molecule is Cc1c(CCCCN)c2ccccc2n1C. The van der Waals surface area contributed by atoms with Crippen LogP contribution in [0.15, 0.2) is 24.3 Å². The van der Waals surface area contributed by atoms with E-state index in [2.05, 4.69) is 42.8 Å². The highest BCUT2D eigenvalue weighted by molar-refractivity contribution is 5.85. The molecule has 2 aromatic rings. The molecule has 0 saturated carbocycles. The average Bonchev–Trinajstić information content (AvgIpc) is 2.55. The van der Waals surface area contributed by atoms with Crippen LogP contribution in [0.1, 0.15) is 24.1 Å². The Hall–Kier alpha value is -1.28. The lowest BCUT2D eigenvalue weighted by atomic mass is 10.0. The molecule has 86 valence electrons. The number of hydrogen-bond donors (Lipinski definition) is 1. The van der Waals surface area contributed by atoms with Crippen molar-refractivity contribution in [2.24, 2.45) is 12.8 Å². The Morgan fingerprint density at radius 1 is 1.19 bits per heavy atom. The molecule has 2 rings (SSSR count). The zero-order valence-electron chi connectivity index (χ0n) is 10.2. The van der Waals surface area contributed by atoms with E-state index in [1.54, 1.807) is 0 Å². The van der Waals surface area contributed by atoms with Gasteiger partial charge in [-0.15, -0.1) is 0 Å². The van der Waals surface area contributed by atoms with Gasteiger partial charge in [0.15, 0.2) is 0 Å². The first kappa shape index (κ1) is 11.2. The fraction of sp³-hybridized carbons (Fsp3) is 0.429. The molecular weight excluding hydrogens is 196 g/mol. The van der Waals surface area contributed by atoms with Crippen LogP contribution in [0, 0.1) is 6.92 Å². The number of nitrogens with zero attached hydrogens (tertiary/aromatic N) is 1. The summed E-state index contributed by atoms with van der Waals surface area (Å²) in [7, 11) is 2.14. The number of aryl methyl sites for hydroxylation is 2. The van der Waals surface area contributed by atoms with Crippen LogP contribution in [0.5, 0.6) is 0 Å². The van der Waals surface area contributed by atoms with Gasteiger partial charge in [0.25, 0.3) is 0 Å². The van der Waals surface area contributed by atoms with Crippen LogP contribution in [0.2, 0.25) is 0 Å². The lowest BCUT2D eigenvalue weighted by Gasteiger charge is -2.01. The van der Waals surface area contributed by atoms with Gasteiger partial charge in [-0.2, -0.15) is 0 Å². The fourth-order valence-electron chi connectivity index (χ4n) is 2.36. The fourth-order valence-corrected chi connectivity index (χ4v) is 2.36. The molecule has 0 aliphatic carbocycles. The summed E-state index contributed by atoms with van der Waals surface area (Å²) in [5.74, 6) is 0. The van der Waals surface area contributed by atoms with Crippen molar-refractivity contribution in [1.29, 1.82) is 0 Å². The summed E-state index contributed by atoms with van der Waals surface area (Å²) >= 11 is 0. The van der Waals surface area contributed by atoms with Gasteiger partial charge < -0.3 is 10.3 Å². The van der Waals surface area contributed by atoms with Crippen molar-refractivity contribution in [3.05, 3.63) is 35.5 Å². The van der Waals surface area contributed by atoms with Crippen molar-refractivity contribution >= 4 is 10.9 Å². The maximum Gasteiger partial charge on any atom is 0.0482 e. The van der Waals surface area contributed by atoms with Gasteiger partial charge >= 0.3 is 0 Å². The van der Waals surface area contributed by atoms with E-state index in [9.17, 15) is 0 Å². The summed E-state index contributed by atoms with van der Waals surface area (Å²) in [6.07, 6.45) is 3.44. The van der Waals surface area contributed by atoms with E-state index in [4.69, 9.17) is 5.73 Å². The van der Waals surface area contributed by atoms with Crippen molar-refractivity contribution in [2.45, 2.75) is 26.2 Å². The van der Waals surface area contributed by atoms with E-state index in [1.165, 1.54) is 28.6 Å². The maximum absolute atomic E-state index is 5.54. The highest BCUT2D eigenvalue weighted by Gasteiger charge is 2.10. The summed E-state index contributed by atoms with van der Waals surface area (Å²) in [6.45, 7) is 3.00. The number of nitrogens with two attached hydrogens (primary N) is 1. The molecule has 0 radical (unpaired) electrons. The molecule has 0 atom stereocenters. The minimum atomic E-state index is 0.795. The van der Waals surface area contributed by atoms with E-state index in [0.717, 1.165) is 19.4 Å². The molecule has 0 aliphatic rings. The number of fused-ring (bicyclic) bond motifs is 1. The predicted octanol–water partition coefficient (Wildman–Crippen LogP) is 2.77. The topological polar surface area (TPSA) is 30.9 Å². The van der Waals surface area contributed by atoms with Crippen molar-refractivity contribution in [3.8, 4) is 0 Å². The second kappa shape index (κ2) is 4.71. The highest BCUT2D eigenvalue weighted by atomic mass is 14.9. The Balaban J connectivity index is 2.39. The van der Waals surface area contributed by atoms with E-state index in [1.807, 2.05) is 0 Å². The minimum Gasteiger partial charge on any atom is -0.348 e. The lowest BCUT2D eigenvalue weighted by Crippen LogP contribution is -1.99. The van der Waals surface area contributed by atoms with Crippen LogP contribution in [0.3, 0.4) is 0 Å². The lowest BCUT2D eigenvalue weighted by molar-refractivity contribution is 0.740. The van der Waals surface area contributed by atoms with E-state index < -0.39 is 0 Å². The molecule has 2 N–H and O–H groups in total. The summed E-state index contributed by atoms with van der Waals surface area (Å²) < 4.78 is 2.28. The van der Waals surface area contributed by atoms with Gasteiger partial charge in [0, 0.05) is 23.6 Å². The molecule has 1 aromatic heterocycles. The van der Waals surface area contributed by atoms with Crippen molar-refractivity contribution < 1.29 is 0 Å². The van der Waals surface area contributed by atoms with Crippen LogP contribution in [-0.4, -0.2) is 11.1 Å². The monoisotopic (exact) mass is 216 g/mol. The van der Waals surface area contributed by atoms with Gasteiger partial charge in [-0.1, -0.05) is 18.2 Å². The van der Waals surface area contributed by atoms with Crippen LogP contribution >= 0.6 is 0 Å². The average molecular weight is 216 g/mol. The molecule has 0 unspecified atom stereocenters. The van der Waals surface area contributed by atoms with Crippen LogP contribution in [0.4, 0.5) is 0 Å². The summed E-state index contributed by atoms with van der Waals surface area (Å²) in [6, 6.07) is 8.63. The van der Waals surface area contributed by atoms with Crippen molar-refractivity contribution in [3.63, 3.8) is 0 Å². The van der Waals surface area contributed by atoms with Gasteiger partial charge in [0.2, 0.25) is 0 Å². The second-order valence-corrected chi connectivity index (χ2v) is 4.39. The first-order valence-corrected chi connectivity index (χ1v) is 5.98. The molecule has 2 nitrogen and oxygen atoms in total. The minimum absolute atomic E-state index is 0.795. The Labute approximate surface area is 97.1 Å².